The predicted octanol–water partition coefficient (Wildman–Crippen LogP) is 0.925. The van der Waals surface area contributed by atoms with E-state index in [2.05, 4.69) is 5.32 Å². The molecule has 2 rings (SSSR count). The minimum Gasteiger partial charge on any atom is -0.388 e. The van der Waals surface area contributed by atoms with Crippen LogP contribution in [-0.2, 0) is 6.54 Å². The maximum atomic E-state index is 13.3. The van der Waals surface area contributed by atoms with Gasteiger partial charge >= 0.3 is 0 Å². The summed E-state index contributed by atoms with van der Waals surface area (Å²) in [4.78, 5) is 1.90. The van der Waals surface area contributed by atoms with E-state index in [1.165, 1.54) is 0 Å². The summed E-state index contributed by atoms with van der Waals surface area (Å²) in [5, 5.41) is 12.5. The van der Waals surface area contributed by atoms with Crippen molar-refractivity contribution in [2.24, 2.45) is 0 Å². The highest BCUT2D eigenvalue weighted by Gasteiger charge is 2.31. The van der Waals surface area contributed by atoms with Gasteiger partial charge in [-0.2, -0.15) is 0 Å². The van der Waals surface area contributed by atoms with Gasteiger partial charge in [0.25, 0.3) is 0 Å². The fourth-order valence-electron chi connectivity index (χ4n) is 2.10. The number of aliphatic hydroxyl groups is 1. The highest BCUT2D eigenvalue weighted by Crippen LogP contribution is 2.25. The van der Waals surface area contributed by atoms with Crippen LogP contribution in [0.3, 0.4) is 0 Å². The quantitative estimate of drug-likeness (QED) is 0.801. The number of anilines is 1. The molecule has 2 atom stereocenters. The number of para-hydroxylation sites is 1. The van der Waals surface area contributed by atoms with Crippen LogP contribution in [0.4, 0.5) is 10.1 Å². The van der Waals surface area contributed by atoms with Crippen LogP contribution in [0.1, 0.15) is 5.56 Å². The Bertz CT molecular complexity index is 349. The third-order valence-electron chi connectivity index (χ3n) is 2.92. The van der Waals surface area contributed by atoms with Crippen LogP contribution in [-0.4, -0.2) is 37.5 Å². The zero-order chi connectivity index (χ0) is 11.5. The molecule has 1 aromatic carbocycles. The molecule has 2 N–H and O–H groups in total. The second-order valence-electron chi connectivity index (χ2n) is 4.15. The molecule has 0 spiro atoms. The monoisotopic (exact) mass is 224 g/mol. The van der Waals surface area contributed by atoms with Crippen LogP contribution in [0, 0.1) is 0 Å². The number of halogens is 1. The molecular formula is C12H17FN2O. The summed E-state index contributed by atoms with van der Waals surface area (Å²) in [6, 6.07) is 7.89. The van der Waals surface area contributed by atoms with Crippen molar-refractivity contribution in [1.82, 2.24) is 5.32 Å². The molecule has 1 aliphatic heterocycles. The SMILES string of the molecule is CNCc1ccccc1N1CC(O)C(F)C1. The van der Waals surface area contributed by atoms with Gasteiger partial charge in [0.15, 0.2) is 0 Å². The largest absolute Gasteiger partial charge is 0.388 e. The van der Waals surface area contributed by atoms with Crippen LogP contribution in [0.25, 0.3) is 0 Å². The molecule has 1 saturated heterocycles. The minimum atomic E-state index is -1.14. The zero-order valence-electron chi connectivity index (χ0n) is 9.36. The Hall–Kier alpha value is -1.13. The van der Waals surface area contributed by atoms with Gasteiger partial charge < -0.3 is 15.3 Å². The Morgan fingerprint density at radius 3 is 2.81 bits per heavy atom. The van der Waals surface area contributed by atoms with E-state index in [4.69, 9.17) is 0 Å². The summed E-state index contributed by atoms with van der Waals surface area (Å²) >= 11 is 0. The van der Waals surface area contributed by atoms with E-state index in [1.807, 2.05) is 36.2 Å². The van der Waals surface area contributed by atoms with E-state index in [-0.39, 0.29) is 6.54 Å². The van der Waals surface area contributed by atoms with Crippen LogP contribution < -0.4 is 10.2 Å². The van der Waals surface area contributed by atoms with Gasteiger partial charge in [-0.3, -0.25) is 0 Å². The topological polar surface area (TPSA) is 35.5 Å². The lowest BCUT2D eigenvalue weighted by Crippen LogP contribution is -2.23. The van der Waals surface area contributed by atoms with E-state index in [1.54, 1.807) is 0 Å². The standard InChI is InChI=1S/C12H17FN2O/c1-14-6-9-4-2-3-5-11(9)15-7-10(13)12(16)8-15/h2-5,10,12,14,16H,6-8H2,1H3. The molecule has 4 heteroatoms. The van der Waals surface area contributed by atoms with Crippen molar-refractivity contribution in [3.63, 3.8) is 0 Å². The van der Waals surface area contributed by atoms with E-state index < -0.39 is 12.3 Å². The Balaban J connectivity index is 2.20. The first-order chi connectivity index (χ1) is 7.72. The number of rotatable bonds is 3. The normalized spacial score (nSPS) is 25.1. The lowest BCUT2D eigenvalue weighted by molar-refractivity contribution is 0.118. The van der Waals surface area contributed by atoms with Crippen molar-refractivity contribution >= 4 is 5.69 Å². The first kappa shape index (κ1) is 11.4. The summed E-state index contributed by atoms with van der Waals surface area (Å²) < 4.78 is 13.3. The number of β-amino-alcohol motifs (C(OH)–C–C–N with tert-alkyl or cyclic N) is 1. The van der Waals surface area contributed by atoms with E-state index in [0.29, 0.717) is 6.54 Å². The van der Waals surface area contributed by atoms with Gasteiger partial charge in [0.2, 0.25) is 0 Å². The number of nitrogens with zero attached hydrogens (tertiary/aromatic N) is 1. The second kappa shape index (κ2) is 4.80. The van der Waals surface area contributed by atoms with Gasteiger partial charge in [-0.1, -0.05) is 18.2 Å². The van der Waals surface area contributed by atoms with Crippen molar-refractivity contribution in [2.45, 2.75) is 18.8 Å². The average Bonchev–Trinajstić information content (AvgIpc) is 2.60. The summed E-state index contributed by atoms with van der Waals surface area (Å²) in [7, 11) is 1.88. The molecular weight excluding hydrogens is 207 g/mol. The number of benzene rings is 1. The molecule has 16 heavy (non-hydrogen) atoms. The predicted molar refractivity (Wildman–Crippen MR) is 62.3 cm³/mol. The van der Waals surface area contributed by atoms with Gasteiger partial charge in [-0.15, -0.1) is 0 Å². The van der Waals surface area contributed by atoms with Crippen LogP contribution >= 0.6 is 0 Å². The highest BCUT2D eigenvalue weighted by molar-refractivity contribution is 5.54. The molecule has 1 fully saturated rings. The average molecular weight is 224 g/mol. The zero-order valence-corrected chi connectivity index (χ0v) is 9.36. The smallest absolute Gasteiger partial charge is 0.145 e. The number of nitrogens with one attached hydrogen (secondary N) is 1. The molecule has 88 valence electrons. The maximum absolute atomic E-state index is 13.3. The third kappa shape index (κ3) is 2.18. The molecule has 1 aromatic rings. The second-order valence-corrected chi connectivity index (χ2v) is 4.15. The first-order valence-electron chi connectivity index (χ1n) is 5.52. The Morgan fingerprint density at radius 1 is 1.44 bits per heavy atom. The summed E-state index contributed by atoms with van der Waals surface area (Å²) in [6.45, 7) is 1.41. The molecule has 1 heterocycles. The molecule has 0 bridgehead atoms. The fourth-order valence-corrected chi connectivity index (χ4v) is 2.10. The summed E-state index contributed by atoms with van der Waals surface area (Å²) in [5.74, 6) is 0. The number of hydrogen-bond acceptors (Lipinski definition) is 3. The van der Waals surface area contributed by atoms with Crippen molar-refractivity contribution in [2.75, 3.05) is 25.0 Å². The summed E-state index contributed by atoms with van der Waals surface area (Å²) in [5.41, 5.74) is 2.14. The van der Waals surface area contributed by atoms with Crippen LogP contribution in [0.5, 0.6) is 0 Å². The van der Waals surface area contributed by atoms with Gasteiger partial charge in [0, 0.05) is 18.8 Å². The van der Waals surface area contributed by atoms with Crippen molar-refractivity contribution < 1.29 is 9.50 Å². The van der Waals surface area contributed by atoms with E-state index in [0.717, 1.165) is 17.8 Å². The van der Waals surface area contributed by atoms with E-state index in [9.17, 15) is 9.50 Å². The number of aliphatic hydroxyl groups excluding tert-OH is 1. The van der Waals surface area contributed by atoms with Crippen LogP contribution in [0.15, 0.2) is 24.3 Å². The third-order valence-corrected chi connectivity index (χ3v) is 2.92. The molecule has 0 aromatic heterocycles. The molecule has 0 saturated carbocycles. The van der Waals surface area contributed by atoms with Gasteiger partial charge in [-0.05, 0) is 18.7 Å². The number of alkyl halides is 1. The number of hydrogen-bond donors (Lipinski definition) is 2. The van der Waals surface area contributed by atoms with Gasteiger partial charge in [-0.25, -0.2) is 4.39 Å². The molecule has 0 amide bonds. The molecule has 3 nitrogen and oxygen atoms in total. The fraction of sp³-hybridized carbons (Fsp3) is 0.500. The van der Waals surface area contributed by atoms with E-state index >= 15 is 0 Å². The highest BCUT2D eigenvalue weighted by atomic mass is 19.1. The van der Waals surface area contributed by atoms with Crippen molar-refractivity contribution in [3.05, 3.63) is 29.8 Å². The Morgan fingerprint density at radius 2 is 2.19 bits per heavy atom. The van der Waals surface area contributed by atoms with Gasteiger partial charge in [0.1, 0.15) is 12.3 Å². The maximum Gasteiger partial charge on any atom is 0.145 e. The van der Waals surface area contributed by atoms with Gasteiger partial charge in [0.05, 0.1) is 6.54 Å². The Kier molecular flexibility index (Phi) is 3.41. The van der Waals surface area contributed by atoms with Crippen molar-refractivity contribution in [3.8, 4) is 0 Å². The molecule has 1 aliphatic rings. The lowest BCUT2D eigenvalue weighted by atomic mass is 10.1. The van der Waals surface area contributed by atoms with Crippen molar-refractivity contribution in [1.29, 1.82) is 0 Å². The molecule has 0 radical (unpaired) electrons. The molecule has 0 aliphatic carbocycles. The first-order valence-corrected chi connectivity index (χ1v) is 5.52. The summed E-state index contributed by atoms with van der Waals surface area (Å²) in [6.07, 6.45) is -2.00. The molecule has 2 unspecified atom stereocenters. The Labute approximate surface area is 94.9 Å². The lowest BCUT2D eigenvalue weighted by Gasteiger charge is -2.21. The minimum absolute atomic E-state index is 0.280. The van der Waals surface area contributed by atoms with Crippen LogP contribution in [0.2, 0.25) is 0 Å².